The second-order valence-electron chi connectivity index (χ2n) is 9.81. The van der Waals surface area contributed by atoms with Crippen LogP contribution in [0.2, 0.25) is 0 Å². The summed E-state index contributed by atoms with van der Waals surface area (Å²) in [5, 5.41) is 9.67. The van der Waals surface area contributed by atoms with Crippen LogP contribution in [0, 0.1) is 11.8 Å². The van der Waals surface area contributed by atoms with Crippen LogP contribution in [0.25, 0.3) is 0 Å². The summed E-state index contributed by atoms with van der Waals surface area (Å²) < 4.78 is 10.1. The Bertz CT molecular complexity index is 1070. The minimum Gasteiger partial charge on any atom is -0.497 e. The zero-order valence-corrected chi connectivity index (χ0v) is 24.0. The molecule has 4 rings (SSSR count). The van der Waals surface area contributed by atoms with Crippen LogP contribution < -0.4 is 9.64 Å². The minimum absolute atomic E-state index is 0.0134. The highest BCUT2D eigenvalue weighted by atomic mass is 79.9. The molecule has 3 unspecified atom stereocenters. The van der Waals surface area contributed by atoms with Crippen molar-refractivity contribution in [3.63, 3.8) is 0 Å². The molecule has 3 saturated heterocycles. The van der Waals surface area contributed by atoms with Crippen molar-refractivity contribution >= 4 is 51.2 Å². The van der Waals surface area contributed by atoms with Gasteiger partial charge in [-0.1, -0.05) is 28.1 Å². The molecule has 0 aromatic heterocycles. The molecule has 206 valence electrons. The summed E-state index contributed by atoms with van der Waals surface area (Å²) in [6, 6.07) is 6.30. The van der Waals surface area contributed by atoms with Gasteiger partial charge in [-0.3, -0.25) is 14.4 Å². The van der Waals surface area contributed by atoms with Crippen molar-refractivity contribution < 1.29 is 29.0 Å². The average Bonchev–Trinajstić information content (AvgIpc) is 3.50. The van der Waals surface area contributed by atoms with E-state index in [-0.39, 0.29) is 54.2 Å². The van der Waals surface area contributed by atoms with E-state index in [0.717, 1.165) is 19.3 Å². The molecular weight excluding hydrogens is 572 g/mol. The molecule has 0 aliphatic carbocycles. The van der Waals surface area contributed by atoms with Gasteiger partial charge in [-0.2, -0.15) is 0 Å². The van der Waals surface area contributed by atoms with E-state index < -0.39 is 22.6 Å². The molecule has 3 heterocycles. The highest BCUT2D eigenvalue weighted by molar-refractivity contribution is 9.09. The number of hydrogen-bond acceptors (Lipinski definition) is 7. The quantitative estimate of drug-likeness (QED) is 0.159. The smallest absolute Gasteiger partial charge is 0.310 e. The Morgan fingerprint density at radius 1 is 1.26 bits per heavy atom. The first kappa shape index (κ1) is 28.7. The molecule has 3 aliphatic heterocycles. The third-order valence-corrected chi connectivity index (χ3v) is 10.9. The van der Waals surface area contributed by atoms with E-state index in [9.17, 15) is 19.5 Å². The van der Waals surface area contributed by atoms with Crippen molar-refractivity contribution in [2.24, 2.45) is 11.8 Å². The lowest BCUT2D eigenvalue weighted by molar-refractivity contribution is -0.154. The van der Waals surface area contributed by atoms with E-state index in [0.29, 0.717) is 17.9 Å². The van der Waals surface area contributed by atoms with Gasteiger partial charge in [0.1, 0.15) is 11.8 Å². The number of allylic oxidation sites excluding steroid dienone is 1. The number of aliphatic hydroxyl groups excluding tert-OH is 1. The van der Waals surface area contributed by atoms with Gasteiger partial charge in [-0.15, -0.1) is 24.9 Å². The van der Waals surface area contributed by atoms with Crippen molar-refractivity contribution in [3.8, 4) is 5.75 Å². The van der Waals surface area contributed by atoms with E-state index in [2.05, 4.69) is 29.1 Å². The molecule has 6 atom stereocenters. The van der Waals surface area contributed by atoms with Gasteiger partial charge in [0.05, 0.1) is 36.9 Å². The van der Waals surface area contributed by atoms with Crippen LogP contribution in [0.4, 0.5) is 5.69 Å². The predicted octanol–water partition coefficient (Wildman–Crippen LogP) is 3.57. The first-order chi connectivity index (χ1) is 18.3. The summed E-state index contributed by atoms with van der Waals surface area (Å²) in [6.45, 7) is 7.79. The maximum atomic E-state index is 14.3. The van der Waals surface area contributed by atoms with Gasteiger partial charge in [0.25, 0.3) is 5.91 Å². The van der Waals surface area contributed by atoms with Crippen molar-refractivity contribution in [2.75, 3.05) is 38.3 Å². The molecule has 3 fully saturated rings. The van der Waals surface area contributed by atoms with Gasteiger partial charge < -0.3 is 24.4 Å². The standard InChI is InChI=1S/C28H35BrN2O6S/c1-4-6-7-8-16-37-27(35)21-22-25(33)31(14-15-32)24(28(22)17-20(29)23(21)38-28)26(34)30(13-5-2)18-9-11-19(36-3)12-10-18/h4-5,9-12,20-24,32H,1-2,6-8,13-17H2,3H3/t20?,21-,22+,23-,24?,28?/m1/s1. The number of esters is 1. The Hall–Kier alpha value is -2.30. The molecule has 1 aromatic carbocycles. The number of thioether (sulfide) groups is 1. The number of anilines is 1. The SMILES string of the molecule is C=CCCCCOC(=O)[C@H]1[C@@H]2SC3(CC2Br)C(C(=O)N(CC=C)c2ccc(OC)cc2)N(CCO)C(=O)[C@H]13. The van der Waals surface area contributed by atoms with Crippen molar-refractivity contribution in [1.82, 2.24) is 4.90 Å². The van der Waals surface area contributed by atoms with E-state index in [4.69, 9.17) is 9.47 Å². The molecule has 0 saturated carbocycles. The van der Waals surface area contributed by atoms with Crippen LogP contribution in [-0.4, -0.2) is 82.1 Å². The number of alkyl halides is 1. The lowest BCUT2D eigenvalue weighted by Gasteiger charge is -2.37. The summed E-state index contributed by atoms with van der Waals surface area (Å²) in [4.78, 5) is 44.6. The number of carbonyl (C=O) groups excluding carboxylic acids is 3. The normalized spacial score (nSPS) is 29.2. The largest absolute Gasteiger partial charge is 0.497 e. The Labute approximate surface area is 236 Å². The number of hydrogen-bond donors (Lipinski definition) is 1. The Morgan fingerprint density at radius 2 is 2.00 bits per heavy atom. The number of fused-ring (bicyclic) bond motifs is 1. The number of aliphatic hydroxyl groups is 1. The molecule has 2 bridgehead atoms. The molecule has 0 radical (unpaired) electrons. The van der Waals surface area contributed by atoms with Gasteiger partial charge in [0, 0.05) is 28.9 Å². The molecule has 38 heavy (non-hydrogen) atoms. The van der Waals surface area contributed by atoms with E-state index in [1.54, 1.807) is 54.1 Å². The molecule has 10 heteroatoms. The average molecular weight is 608 g/mol. The Morgan fingerprint density at radius 3 is 2.63 bits per heavy atom. The molecule has 1 N–H and O–H groups in total. The van der Waals surface area contributed by atoms with Crippen molar-refractivity contribution in [3.05, 3.63) is 49.6 Å². The van der Waals surface area contributed by atoms with Crippen LogP contribution in [0.1, 0.15) is 25.7 Å². The van der Waals surface area contributed by atoms with E-state index in [1.807, 2.05) is 6.08 Å². The topological polar surface area (TPSA) is 96.4 Å². The second-order valence-corrected chi connectivity index (χ2v) is 12.5. The highest BCUT2D eigenvalue weighted by Gasteiger charge is 2.76. The zero-order valence-electron chi connectivity index (χ0n) is 21.6. The molecular formula is C28H35BrN2O6S. The number of rotatable bonds is 13. The van der Waals surface area contributed by atoms with Gasteiger partial charge in [-0.25, -0.2) is 0 Å². The summed E-state index contributed by atoms with van der Waals surface area (Å²) in [6.07, 6.45) is 6.48. The van der Waals surface area contributed by atoms with Gasteiger partial charge in [-0.05, 0) is 49.9 Å². The molecule has 3 aliphatic rings. The first-order valence-corrected chi connectivity index (χ1v) is 14.7. The number of benzene rings is 1. The lowest BCUT2D eigenvalue weighted by atomic mass is 9.71. The van der Waals surface area contributed by atoms with Gasteiger partial charge in [0.15, 0.2) is 0 Å². The van der Waals surface area contributed by atoms with Crippen molar-refractivity contribution in [1.29, 1.82) is 0 Å². The fourth-order valence-electron chi connectivity index (χ4n) is 6.05. The summed E-state index contributed by atoms with van der Waals surface area (Å²) >= 11 is 5.30. The third kappa shape index (κ3) is 5.02. The fourth-order valence-corrected chi connectivity index (χ4v) is 9.64. The van der Waals surface area contributed by atoms with Crippen LogP contribution in [-0.2, 0) is 19.1 Å². The maximum absolute atomic E-state index is 14.3. The van der Waals surface area contributed by atoms with Crippen LogP contribution in [0.15, 0.2) is 49.6 Å². The maximum Gasteiger partial charge on any atom is 0.310 e. The van der Waals surface area contributed by atoms with Crippen molar-refractivity contribution in [2.45, 2.75) is 46.5 Å². The van der Waals surface area contributed by atoms with E-state index in [1.165, 1.54) is 4.90 Å². The number of nitrogens with zero attached hydrogens (tertiary/aromatic N) is 2. The predicted molar refractivity (Wildman–Crippen MR) is 152 cm³/mol. The Kier molecular flexibility index (Phi) is 9.26. The van der Waals surface area contributed by atoms with Gasteiger partial charge in [0.2, 0.25) is 5.91 Å². The molecule has 2 amide bonds. The molecule has 1 spiro atoms. The van der Waals surface area contributed by atoms with Crippen LogP contribution in [0.5, 0.6) is 5.75 Å². The van der Waals surface area contributed by atoms with Crippen LogP contribution in [0.3, 0.4) is 0 Å². The second kappa shape index (κ2) is 12.3. The number of halogens is 1. The number of methoxy groups -OCH3 is 1. The summed E-state index contributed by atoms with van der Waals surface area (Å²) in [7, 11) is 1.57. The van der Waals surface area contributed by atoms with Gasteiger partial charge >= 0.3 is 5.97 Å². The number of carbonyl (C=O) groups is 3. The number of likely N-dealkylation sites (tertiary alicyclic amines) is 1. The number of unbranched alkanes of at least 4 members (excludes halogenated alkanes) is 2. The summed E-state index contributed by atoms with van der Waals surface area (Å²) in [5.41, 5.74) is 0.648. The monoisotopic (exact) mass is 606 g/mol. The minimum atomic E-state index is -0.838. The number of β-amino-alcohol motifs (C(OH)–C–C–N with tert-alkyl or cyclic N) is 1. The number of amides is 2. The number of ether oxygens (including phenoxy) is 2. The summed E-state index contributed by atoms with van der Waals surface area (Å²) in [5.74, 6) is -1.60. The first-order valence-electron chi connectivity index (χ1n) is 12.9. The Balaban J connectivity index is 1.66. The fraction of sp³-hybridized carbons (Fsp3) is 0.536. The van der Waals surface area contributed by atoms with E-state index >= 15 is 0 Å². The molecule has 1 aromatic rings. The third-order valence-electron chi connectivity index (χ3n) is 7.64. The molecule has 8 nitrogen and oxygen atoms in total. The van der Waals surface area contributed by atoms with Crippen LogP contribution >= 0.6 is 27.7 Å². The lowest BCUT2D eigenvalue weighted by Crippen LogP contribution is -2.56. The highest BCUT2D eigenvalue weighted by Crippen LogP contribution is 2.68. The zero-order chi connectivity index (χ0) is 27.4.